The molecule has 0 radical (unpaired) electrons. The van der Waals surface area contributed by atoms with Crippen molar-refractivity contribution >= 4 is 17.1 Å². The van der Waals surface area contributed by atoms with Gasteiger partial charge in [0.1, 0.15) is 0 Å². The summed E-state index contributed by atoms with van der Waals surface area (Å²) < 4.78 is 0. The molecule has 0 bridgehead atoms. The predicted octanol–water partition coefficient (Wildman–Crippen LogP) is 4.51. The molecule has 0 fully saturated rings. The van der Waals surface area contributed by atoms with Crippen molar-refractivity contribution in [3.05, 3.63) is 28.3 Å². The van der Waals surface area contributed by atoms with Gasteiger partial charge < -0.3 is 10.6 Å². The van der Waals surface area contributed by atoms with E-state index in [1.54, 1.807) is 12.1 Å². The number of anilines is 2. The zero-order chi connectivity index (χ0) is 16.0. The van der Waals surface area contributed by atoms with Crippen molar-refractivity contribution in [3.8, 4) is 0 Å². The van der Waals surface area contributed by atoms with Gasteiger partial charge in [-0.1, -0.05) is 34.6 Å². The Hall–Kier alpha value is -1.78. The first kappa shape index (κ1) is 17.3. The molecule has 118 valence electrons. The second-order valence-electron chi connectivity index (χ2n) is 6.45. The Morgan fingerprint density at radius 3 is 2.24 bits per heavy atom. The van der Waals surface area contributed by atoms with Crippen molar-refractivity contribution < 1.29 is 4.92 Å². The van der Waals surface area contributed by atoms with Crippen molar-refractivity contribution in [1.82, 2.24) is 0 Å². The molecular weight excluding hydrogens is 266 g/mol. The quantitative estimate of drug-likeness (QED) is 0.546. The van der Waals surface area contributed by atoms with Crippen molar-refractivity contribution in [1.29, 1.82) is 0 Å². The highest BCUT2D eigenvalue weighted by molar-refractivity contribution is 5.63. The van der Waals surface area contributed by atoms with Gasteiger partial charge in [0.15, 0.2) is 0 Å². The molecule has 0 heterocycles. The van der Waals surface area contributed by atoms with E-state index in [4.69, 9.17) is 0 Å². The Kier molecular flexibility index (Phi) is 6.00. The Labute approximate surface area is 127 Å². The number of hydrogen-bond donors (Lipinski definition) is 2. The third kappa shape index (κ3) is 5.25. The molecule has 21 heavy (non-hydrogen) atoms. The molecule has 5 nitrogen and oxygen atoms in total. The number of nitrogens with zero attached hydrogens (tertiary/aromatic N) is 1. The molecule has 1 aromatic rings. The Morgan fingerprint density at radius 2 is 1.76 bits per heavy atom. The summed E-state index contributed by atoms with van der Waals surface area (Å²) in [6.45, 7) is 12.4. The van der Waals surface area contributed by atoms with Crippen LogP contribution < -0.4 is 10.6 Å². The van der Waals surface area contributed by atoms with E-state index in [0.29, 0.717) is 5.92 Å². The first-order chi connectivity index (χ1) is 9.76. The van der Waals surface area contributed by atoms with E-state index in [2.05, 4.69) is 45.3 Å². The molecule has 0 aliphatic carbocycles. The van der Waals surface area contributed by atoms with Gasteiger partial charge in [0.2, 0.25) is 0 Å². The highest BCUT2D eigenvalue weighted by atomic mass is 16.6. The van der Waals surface area contributed by atoms with E-state index in [0.717, 1.165) is 30.9 Å². The molecule has 0 aliphatic heterocycles. The summed E-state index contributed by atoms with van der Waals surface area (Å²) in [6.07, 6.45) is 0.978. The van der Waals surface area contributed by atoms with Crippen molar-refractivity contribution in [2.75, 3.05) is 23.7 Å². The van der Waals surface area contributed by atoms with Crippen LogP contribution in [0.25, 0.3) is 0 Å². The topological polar surface area (TPSA) is 67.2 Å². The van der Waals surface area contributed by atoms with E-state index < -0.39 is 0 Å². The van der Waals surface area contributed by atoms with Crippen LogP contribution in [0.1, 0.15) is 41.0 Å². The lowest BCUT2D eigenvalue weighted by atomic mass is 9.81. The second kappa shape index (κ2) is 7.29. The molecule has 0 saturated heterocycles. The SMILES string of the molecule is CCCNc1cc(NCC(C)(C)C(C)C)cc([N+](=O)[O-])c1. The molecular formula is C16H27N3O2. The molecule has 0 amide bonds. The molecule has 0 unspecified atom stereocenters. The molecule has 5 heteroatoms. The summed E-state index contributed by atoms with van der Waals surface area (Å²) in [4.78, 5) is 10.7. The van der Waals surface area contributed by atoms with Gasteiger partial charge in [0, 0.05) is 36.6 Å². The molecule has 0 saturated carbocycles. The van der Waals surface area contributed by atoms with Gasteiger partial charge in [-0.2, -0.15) is 0 Å². The molecule has 0 aromatic heterocycles. The first-order valence-corrected chi connectivity index (χ1v) is 7.53. The maximum absolute atomic E-state index is 11.0. The standard InChI is InChI=1S/C16H27N3O2/c1-6-7-17-13-8-14(10-15(9-13)19(20)21)18-11-16(4,5)12(2)3/h8-10,12,17-18H,6-7,11H2,1-5H3. The van der Waals surface area contributed by atoms with Crippen LogP contribution >= 0.6 is 0 Å². The second-order valence-corrected chi connectivity index (χ2v) is 6.45. The van der Waals surface area contributed by atoms with Gasteiger partial charge in [0.25, 0.3) is 5.69 Å². The van der Waals surface area contributed by atoms with Crippen LogP contribution in [0, 0.1) is 21.4 Å². The molecule has 2 N–H and O–H groups in total. The van der Waals surface area contributed by atoms with Gasteiger partial charge in [-0.3, -0.25) is 10.1 Å². The van der Waals surface area contributed by atoms with Crippen LogP contribution in [0.4, 0.5) is 17.1 Å². The van der Waals surface area contributed by atoms with E-state index in [9.17, 15) is 10.1 Å². The zero-order valence-corrected chi connectivity index (χ0v) is 13.7. The minimum atomic E-state index is -0.351. The van der Waals surface area contributed by atoms with E-state index in [-0.39, 0.29) is 16.0 Å². The lowest BCUT2D eigenvalue weighted by Crippen LogP contribution is -2.28. The normalized spacial score (nSPS) is 11.5. The van der Waals surface area contributed by atoms with E-state index >= 15 is 0 Å². The predicted molar refractivity (Wildman–Crippen MR) is 89.0 cm³/mol. The molecule has 0 atom stereocenters. The van der Waals surface area contributed by atoms with E-state index in [1.807, 2.05) is 6.07 Å². The van der Waals surface area contributed by atoms with Crippen LogP contribution in [0.3, 0.4) is 0 Å². The summed E-state index contributed by atoms with van der Waals surface area (Å²) in [7, 11) is 0. The summed E-state index contributed by atoms with van der Waals surface area (Å²) in [5.41, 5.74) is 1.81. The van der Waals surface area contributed by atoms with Crippen molar-refractivity contribution in [3.63, 3.8) is 0 Å². The minimum Gasteiger partial charge on any atom is -0.385 e. The molecule has 0 spiro atoms. The summed E-state index contributed by atoms with van der Waals surface area (Å²) in [5.74, 6) is 0.529. The Bertz CT molecular complexity index is 484. The summed E-state index contributed by atoms with van der Waals surface area (Å²) in [5, 5.41) is 17.6. The van der Waals surface area contributed by atoms with Crippen molar-refractivity contribution in [2.45, 2.75) is 41.0 Å². The Morgan fingerprint density at radius 1 is 1.19 bits per heavy atom. The number of benzene rings is 1. The lowest BCUT2D eigenvalue weighted by molar-refractivity contribution is -0.384. The fraction of sp³-hybridized carbons (Fsp3) is 0.625. The molecule has 0 aliphatic rings. The minimum absolute atomic E-state index is 0.112. The van der Waals surface area contributed by atoms with Crippen molar-refractivity contribution in [2.24, 2.45) is 11.3 Å². The number of rotatable bonds is 8. The number of hydrogen-bond acceptors (Lipinski definition) is 4. The third-order valence-corrected chi connectivity index (χ3v) is 4.02. The maximum atomic E-state index is 11.0. The fourth-order valence-corrected chi connectivity index (χ4v) is 1.72. The fourth-order valence-electron chi connectivity index (χ4n) is 1.72. The van der Waals surface area contributed by atoms with Crippen LogP contribution in [0.15, 0.2) is 18.2 Å². The van der Waals surface area contributed by atoms with Gasteiger partial charge in [-0.15, -0.1) is 0 Å². The average molecular weight is 293 g/mol. The summed E-state index contributed by atoms with van der Waals surface area (Å²) >= 11 is 0. The monoisotopic (exact) mass is 293 g/mol. The van der Waals surface area contributed by atoms with Gasteiger partial charge in [-0.25, -0.2) is 0 Å². The largest absolute Gasteiger partial charge is 0.385 e. The Balaban J connectivity index is 2.90. The third-order valence-electron chi connectivity index (χ3n) is 4.02. The maximum Gasteiger partial charge on any atom is 0.273 e. The van der Waals surface area contributed by atoms with Crippen LogP contribution in [-0.4, -0.2) is 18.0 Å². The number of non-ortho nitro benzene ring substituents is 1. The number of nitro groups is 1. The van der Waals surface area contributed by atoms with Crippen LogP contribution in [-0.2, 0) is 0 Å². The number of nitro benzene ring substituents is 1. The highest BCUT2D eigenvalue weighted by Crippen LogP contribution is 2.29. The lowest BCUT2D eigenvalue weighted by Gasteiger charge is -2.30. The number of nitrogens with one attached hydrogen (secondary N) is 2. The van der Waals surface area contributed by atoms with Crippen LogP contribution in [0.2, 0.25) is 0 Å². The zero-order valence-electron chi connectivity index (χ0n) is 13.7. The van der Waals surface area contributed by atoms with E-state index in [1.165, 1.54) is 0 Å². The summed E-state index contributed by atoms with van der Waals surface area (Å²) in [6, 6.07) is 5.10. The van der Waals surface area contributed by atoms with Gasteiger partial charge in [-0.05, 0) is 23.8 Å². The first-order valence-electron chi connectivity index (χ1n) is 7.53. The van der Waals surface area contributed by atoms with Gasteiger partial charge in [0.05, 0.1) is 4.92 Å². The average Bonchev–Trinajstić information content (AvgIpc) is 2.42. The van der Waals surface area contributed by atoms with Crippen LogP contribution in [0.5, 0.6) is 0 Å². The molecule has 1 rings (SSSR count). The smallest absolute Gasteiger partial charge is 0.273 e. The highest BCUT2D eigenvalue weighted by Gasteiger charge is 2.22. The van der Waals surface area contributed by atoms with Gasteiger partial charge >= 0.3 is 0 Å². The molecule has 1 aromatic carbocycles.